The summed E-state index contributed by atoms with van der Waals surface area (Å²) in [7, 11) is 0. The van der Waals surface area contributed by atoms with Gasteiger partial charge < -0.3 is 14.2 Å². The van der Waals surface area contributed by atoms with Crippen molar-refractivity contribution in [2.24, 2.45) is 4.40 Å². The Kier molecular flexibility index (Phi) is 4.70. The number of fused-ring (bicyclic) bond motifs is 2. The van der Waals surface area contributed by atoms with Crippen molar-refractivity contribution in [3.8, 4) is 11.6 Å². The number of piperidine rings is 2. The molecule has 2 bridgehead atoms. The molecule has 2 aromatic rings. The van der Waals surface area contributed by atoms with E-state index in [-0.39, 0.29) is 11.2 Å². The van der Waals surface area contributed by atoms with Gasteiger partial charge in [0.25, 0.3) is 0 Å². The highest BCUT2D eigenvalue weighted by Crippen LogP contribution is 2.49. The van der Waals surface area contributed by atoms with E-state index in [0.29, 0.717) is 17.7 Å². The quantitative estimate of drug-likeness (QED) is 0.668. The molecule has 6 rings (SSSR count). The fourth-order valence-electron chi connectivity index (χ4n) is 4.80. The SMILES string of the molecule is [O-][S+]1CCN2C(=N1)C1(c3ccc(Oc4ccc(C(F)(F)F)cc4)nc3)CCC2CC1. The van der Waals surface area contributed by atoms with Gasteiger partial charge in [0, 0.05) is 18.3 Å². The topological polar surface area (TPSA) is 60.8 Å². The zero-order valence-electron chi connectivity index (χ0n) is 16.1. The molecule has 3 aliphatic heterocycles. The van der Waals surface area contributed by atoms with Crippen molar-refractivity contribution < 1.29 is 22.5 Å². The first-order chi connectivity index (χ1) is 14.3. The molecule has 1 unspecified atom stereocenters. The van der Waals surface area contributed by atoms with Gasteiger partial charge in [-0.15, -0.1) is 0 Å². The van der Waals surface area contributed by atoms with Gasteiger partial charge >= 0.3 is 6.18 Å². The number of pyridine rings is 1. The summed E-state index contributed by atoms with van der Waals surface area (Å²) in [5.41, 5.74) is 0.0217. The van der Waals surface area contributed by atoms with Gasteiger partial charge in [0.05, 0.1) is 28.9 Å². The predicted octanol–water partition coefficient (Wildman–Crippen LogP) is 4.46. The summed E-state index contributed by atoms with van der Waals surface area (Å²) < 4.78 is 60.3. The van der Waals surface area contributed by atoms with Crippen LogP contribution in [0, 0.1) is 0 Å². The van der Waals surface area contributed by atoms with Crippen LogP contribution in [0.5, 0.6) is 11.6 Å². The van der Waals surface area contributed by atoms with Crippen LogP contribution in [-0.4, -0.2) is 38.6 Å². The third-order valence-electron chi connectivity index (χ3n) is 6.34. The molecule has 0 spiro atoms. The number of ether oxygens (including phenoxy) is 1. The van der Waals surface area contributed by atoms with Crippen molar-refractivity contribution in [3.05, 3.63) is 53.7 Å². The van der Waals surface area contributed by atoms with Gasteiger partial charge in [-0.2, -0.15) is 13.2 Å². The lowest BCUT2D eigenvalue weighted by atomic mass is 9.63. The highest BCUT2D eigenvalue weighted by atomic mass is 32.2. The molecule has 1 aliphatic carbocycles. The van der Waals surface area contributed by atoms with Crippen molar-refractivity contribution in [3.63, 3.8) is 0 Å². The molecule has 3 fully saturated rings. The van der Waals surface area contributed by atoms with Crippen LogP contribution in [0.25, 0.3) is 0 Å². The maximum absolute atomic E-state index is 12.7. The summed E-state index contributed by atoms with van der Waals surface area (Å²) in [5, 5.41) is 0. The largest absolute Gasteiger partial charge is 0.591 e. The van der Waals surface area contributed by atoms with Crippen LogP contribution in [0.1, 0.15) is 36.8 Å². The van der Waals surface area contributed by atoms with Crippen LogP contribution in [0.2, 0.25) is 0 Å². The lowest BCUT2D eigenvalue weighted by Crippen LogP contribution is -2.62. The van der Waals surface area contributed by atoms with Gasteiger partial charge in [0.2, 0.25) is 5.88 Å². The minimum Gasteiger partial charge on any atom is -0.591 e. The Bertz CT molecular complexity index is 955. The van der Waals surface area contributed by atoms with E-state index >= 15 is 0 Å². The molecular formula is C21H20F3N3O2S. The van der Waals surface area contributed by atoms with E-state index in [9.17, 15) is 17.7 Å². The maximum atomic E-state index is 12.7. The van der Waals surface area contributed by atoms with E-state index in [1.807, 2.05) is 6.07 Å². The number of benzene rings is 1. The highest BCUT2D eigenvalue weighted by Gasteiger charge is 2.53. The summed E-state index contributed by atoms with van der Waals surface area (Å²) >= 11 is -1.18. The zero-order chi connectivity index (χ0) is 20.9. The third kappa shape index (κ3) is 3.33. The molecule has 9 heteroatoms. The molecule has 1 aromatic carbocycles. The minimum atomic E-state index is -4.38. The summed E-state index contributed by atoms with van der Waals surface area (Å²) in [6.45, 7) is 0.778. The van der Waals surface area contributed by atoms with E-state index < -0.39 is 23.1 Å². The summed E-state index contributed by atoms with van der Waals surface area (Å²) in [6, 6.07) is 8.69. The molecule has 0 N–H and O–H groups in total. The first-order valence-corrected chi connectivity index (χ1v) is 11.2. The molecule has 0 radical (unpaired) electrons. The van der Waals surface area contributed by atoms with Crippen LogP contribution in [-0.2, 0) is 23.0 Å². The van der Waals surface area contributed by atoms with Gasteiger partial charge in [0.1, 0.15) is 5.75 Å². The highest BCUT2D eigenvalue weighted by molar-refractivity contribution is 7.90. The monoisotopic (exact) mass is 435 g/mol. The molecule has 158 valence electrons. The predicted molar refractivity (Wildman–Crippen MR) is 107 cm³/mol. The van der Waals surface area contributed by atoms with Crippen LogP contribution in [0.4, 0.5) is 13.2 Å². The first kappa shape index (κ1) is 19.7. The lowest BCUT2D eigenvalue weighted by molar-refractivity contribution is -0.137. The van der Waals surface area contributed by atoms with Crippen molar-refractivity contribution in [2.75, 3.05) is 12.3 Å². The Morgan fingerprint density at radius 1 is 1.10 bits per heavy atom. The lowest BCUT2D eigenvalue weighted by Gasteiger charge is -2.54. The number of hydrogen-bond donors (Lipinski definition) is 0. The molecule has 1 atom stereocenters. The van der Waals surface area contributed by atoms with Crippen LogP contribution in [0.3, 0.4) is 0 Å². The van der Waals surface area contributed by atoms with E-state index in [0.717, 1.165) is 55.8 Å². The number of hydrogen-bond acceptors (Lipinski definition) is 5. The molecular weight excluding hydrogens is 415 g/mol. The third-order valence-corrected chi connectivity index (χ3v) is 7.25. The van der Waals surface area contributed by atoms with E-state index in [2.05, 4.69) is 14.3 Å². The van der Waals surface area contributed by atoms with Gasteiger partial charge in [-0.05, 0) is 59.9 Å². The first-order valence-electron chi connectivity index (χ1n) is 9.91. The normalized spacial score (nSPS) is 28.1. The average molecular weight is 435 g/mol. The zero-order valence-corrected chi connectivity index (χ0v) is 16.9. The number of nitrogens with zero attached hydrogens (tertiary/aromatic N) is 3. The number of aromatic nitrogens is 1. The Balaban J connectivity index is 1.38. The second kappa shape index (κ2) is 7.16. The average Bonchev–Trinajstić information content (AvgIpc) is 2.75. The molecule has 0 amide bonds. The smallest absolute Gasteiger partial charge is 0.416 e. The van der Waals surface area contributed by atoms with E-state index in [1.165, 1.54) is 12.1 Å². The fraction of sp³-hybridized carbons (Fsp3) is 0.429. The van der Waals surface area contributed by atoms with Gasteiger partial charge in [0.15, 0.2) is 11.6 Å². The number of rotatable bonds is 3. The van der Waals surface area contributed by atoms with E-state index in [1.54, 1.807) is 12.3 Å². The minimum absolute atomic E-state index is 0.273. The van der Waals surface area contributed by atoms with Crippen molar-refractivity contribution >= 4 is 17.2 Å². The van der Waals surface area contributed by atoms with Gasteiger partial charge in [-0.25, -0.2) is 4.98 Å². The van der Waals surface area contributed by atoms with Crippen molar-refractivity contribution in [2.45, 2.75) is 43.3 Å². The second-order valence-electron chi connectivity index (χ2n) is 7.96. The molecule has 30 heavy (non-hydrogen) atoms. The van der Waals surface area contributed by atoms with Crippen molar-refractivity contribution in [1.29, 1.82) is 0 Å². The Labute approximate surface area is 175 Å². The van der Waals surface area contributed by atoms with Gasteiger partial charge in [-0.1, -0.05) is 6.07 Å². The molecule has 4 aliphatic rings. The molecule has 1 saturated carbocycles. The second-order valence-corrected chi connectivity index (χ2v) is 9.19. The number of halogens is 3. The molecule has 5 nitrogen and oxygen atoms in total. The number of alkyl halides is 3. The Hall–Kier alpha value is -2.26. The summed E-state index contributed by atoms with van der Waals surface area (Å²) in [5.74, 6) is 2.10. The van der Waals surface area contributed by atoms with Crippen LogP contribution >= 0.6 is 0 Å². The van der Waals surface area contributed by atoms with E-state index in [4.69, 9.17) is 4.74 Å². The molecule has 2 saturated heterocycles. The Morgan fingerprint density at radius 2 is 1.83 bits per heavy atom. The van der Waals surface area contributed by atoms with Gasteiger partial charge in [-0.3, -0.25) is 0 Å². The fourth-order valence-corrected chi connectivity index (χ4v) is 5.72. The summed E-state index contributed by atoms with van der Waals surface area (Å²) in [4.78, 5) is 6.71. The van der Waals surface area contributed by atoms with Crippen LogP contribution in [0.15, 0.2) is 47.0 Å². The standard InChI is InChI=1S/C21H20F3N3O2S/c22-21(23,24)14-1-4-17(5-2-14)29-18-6-3-15(13-25-18)20-9-7-16(8-10-20)27-11-12-30(28)26-19(20)27/h1-6,13,16H,7-12H2. The maximum Gasteiger partial charge on any atom is 0.416 e. The molecule has 1 aromatic heterocycles. The van der Waals surface area contributed by atoms with Crippen LogP contribution < -0.4 is 4.74 Å². The summed E-state index contributed by atoms with van der Waals surface area (Å²) in [6.07, 6.45) is 1.43. The molecule has 4 heterocycles. The van der Waals surface area contributed by atoms with Crippen molar-refractivity contribution in [1.82, 2.24) is 9.88 Å². The Morgan fingerprint density at radius 3 is 2.47 bits per heavy atom. The number of amidine groups is 1.